The minimum absolute atomic E-state index is 0.0693. The number of hydrogen-bond donors (Lipinski definition) is 1. The molecule has 8 rings (SSSR count). The highest BCUT2D eigenvalue weighted by Gasteiger charge is 2.47. The zero-order valence-electron chi connectivity index (χ0n) is 27.2. The van der Waals surface area contributed by atoms with Crippen molar-refractivity contribution >= 4 is 44.1 Å². The fraction of sp³-hybridized carbons (Fsp3) is 0.485. The van der Waals surface area contributed by atoms with Crippen LogP contribution in [-0.2, 0) is 35.6 Å². The summed E-state index contributed by atoms with van der Waals surface area (Å²) in [5.41, 5.74) is 10.2. The van der Waals surface area contributed by atoms with Crippen molar-refractivity contribution in [3.63, 3.8) is 0 Å². The van der Waals surface area contributed by atoms with Crippen LogP contribution in [0.15, 0.2) is 18.2 Å². The summed E-state index contributed by atoms with van der Waals surface area (Å²) in [5, 5.41) is 15.3. The lowest BCUT2D eigenvalue weighted by Crippen LogP contribution is -2.70. The molecule has 1 aromatic carbocycles. The maximum atomic E-state index is 14.9. The monoisotopic (exact) mass is 672 g/mol. The van der Waals surface area contributed by atoms with E-state index in [-0.39, 0.29) is 23.6 Å². The van der Waals surface area contributed by atoms with Gasteiger partial charge in [0.25, 0.3) is 5.91 Å². The van der Waals surface area contributed by atoms with Crippen molar-refractivity contribution in [3.8, 4) is 6.07 Å². The van der Waals surface area contributed by atoms with Crippen LogP contribution in [0.4, 0.5) is 21.2 Å². The molecule has 0 saturated carbocycles. The van der Waals surface area contributed by atoms with E-state index in [0.717, 1.165) is 72.3 Å². The van der Waals surface area contributed by atoms with Gasteiger partial charge in [0.2, 0.25) is 5.95 Å². The van der Waals surface area contributed by atoms with Crippen LogP contribution in [0.2, 0.25) is 0 Å². The van der Waals surface area contributed by atoms with Crippen molar-refractivity contribution in [2.24, 2.45) is 0 Å². The third-order valence-corrected chi connectivity index (χ3v) is 11.2. The highest BCUT2D eigenvalue weighted by atomic mass is 32.1. The summed E-state index contributed by atoms with van der Waals surface area (Å²) in [6, 6.07) is 7.18. The van der Waals surface area contributed by atoms with Crippen molar-refractivity contribution in [1.82, 2.24) is 29.5 Å². The van der Waals surface area contributed by atoms with E-state index in [1.807, 2.05) is 10.7 Å². The van der Waals surface area contributed by atoms with Crippen LogP contribution in [0.3, 0.4) is 0 Å². The molecule has 0 unspecified atom stereocenters. The van der Waals surface area contributed by atoms with Crippen molar-refractivity contribution in [2.75, 3.05) is 76.1 Å². The van der Waals surface area contributed by atoms with Crippen molar-refractivity contribution in [3.05, 3.63) is 57.8 Å². The molecule has 0 bridgehead atoms. The zero-order valence-corrected chi connectivity index (χ0v) is 28.0. The van der Waals surface area contributed by atoms with Crippen molar-refractivity contribution < 1.29 is 18.7 Å². The highest BCUT2D eigenvalue weighted by Crippen LogP contribution is 2.43. The van der Waals surface area contributed by atoms with Gasteiger partial charge in [0.05, 0.1) is 59.7 Å². The number of piperazine rings is 1. The van der Waals surface area contributed by atoms with E-state index >= 15 is 0 Å². The van der Waals surface area contributed by atoms with Crippen molar-refractivity contribution in [2.45, 2.75) is 44.2 Å². The van der Waals surface area contributed by atoms with E-state index in [9.17, 15) is 14.4 Å². The van der Waals surface area contributed by atoms with Crippen LogP contribution in [0.1, 0.15) is 51.1 Å². The maximum Gasteiger partial charge on any atom is 0.273 e. The number of halogens is 1. The average molecular weight is 673 g/mol. The number of likely N-dealkylation sites (N-methyl/N-ethyl adjacent to an activating group) is 1. The summed E-state index contributed by atoms with van der Waals surface area (Å²) in [6.45, 7) is 5.94. The first kappa shape index (κ1) is 30.9. The van der Waals surface area contributed by atoms with Gasteiger partial charge >= 0.3 is 0 Å². The molecular formula is C33H37FN10O3S. The Morgan fingerprint density at radius 1 is 1.19 bits per heavy atom. The van der Waals surface area contributed by atoms with Gasteiger partial charge in [0.15, 0.2) is 5.69 Å². The third-order valence-electron chi connectivity index (χ3n) is 10.1. The van der Waals surface area contributed by atoms with Crippen LogP contribution in [-0.4, -0.2) is 102 Å². The fourth-order valence-corrected chi connectivity index (χ4v) is 8.25. The molecule has 48 heavy (non-hydrogen) atoms. The van der Waals surface area contributed by atoms with Gasteiger partial charge in [-0.25, -0.2) is 9.37 Å². The van der Waals surface area contributed by atoms with Gasteiger partial charge in [0.1, 0.15) is 22.7 Å². The van der Waals surface area contributed by atoms with Crippen LogP contribution in [0.5, 0.6) is 0 Å². The summed E-state index contributed by atoms with van der Waals surface area (Å²) in [4.78, 5) is 31.6. The van der Waals surface area contributed by atoms with Gasteiger partial charge < -0.3 is 29.9 Å². The molecule has 3 aromatic heterocycles. The predicted molar refractivity (Wildman–Crippen MR) is 178 cm³/mol. The minimum Gasteiger partial charge on any atom is -0.389 e. The number of ether oxygens (including phenoxy) is 2. The van der Waals surface area contributed by atoms with Gasteiger partial charge in [-0.2, -0.15) is 15.3 Å². The van der Waals surface area contributed by atoms with Crippen LogP contribution < -0.4 is 15.5 Å². The number of benzene rings is 1. The Morgan fingerprint density at radius 2 is 2.02 bits per heavy atom. The Hall–Kier alpha value is -4.36. The molecule has 250 valence electrons. The summed E-state index contributed by atoms with van der Waals surface area (Å²) in [5.74, 6) is 0.929. The van der Waals surface area contributed by atoms with Gasteiger partial charge in [-0.1, -0.05) is 6.07 Å². The van der Waals surface area contributed by atoms with Gasteiger partial charge in [-0.05, 0) is 31.2 Å². The quantitative estimate of drug-likeness (QED) is 0.342. The molecule has 0 radical (unpaired) electrons. The number of nitrogens with zero attached hydrogens (tertiary/aromatic N) is 9. The number of thiophene rings is 1. The summed E-state index contributed by atoms with van der Waals surface area (Å²) in [7, 11) is 5.60. The van der Waals surface area contributed by atoms with E-state index < -0.39 is 11.9 Å². The summed E-state index contributed by atoms with van der Waals surface area (Å²) >= 11 is 1.09. The lowest BCUT2D eigenvalue weighted by atomic mass is 9.92. The van der Waals surface area contributed by atoms with E-state index in [0.29, 0.717) is 59.5 Å². The summed E-state index contributed by atoms with van der Waals surface area (Å²) < 4.78 is 29.4. The first-order chi connectivity index (χ1) is 23.2. The van der Waals surface area contributed by atoms with E-state index in [2.05, 4.69) is 32.9 Å². The highest BCUT2D eigenvalue weighted by molar-refractivity contribution is 7.23. The Morgan fingerprint density at radius 3 is 2.77 bits per heavy atom. The van der Waals surface area contributed by atoms with Crippen LogP contribution in [0, 0.1) is 17.1 Å². The molecule has 4 aliphatic heterocycles. The number of carbonyl (C=O) groups excluding carboxylic acids is 1. The lowest BCUT2D eigenvalue weighted by molar-refractivity contribution is -0.134. The number of fused-ring (bicyclic) bond motifs is 3. The number of anilines is 3. The smallest absolute Gasteiger partial charge is 0.273 e. The topological polar surface area (TPSA) is 142 Å². The molecule has 1 amide bonds. The largest absolute Gasteiger partial charge is 0.389 e. The molecule has 0 aliphatic carbocycles. The third kappa shape index (κ3) is 4.97. The molecular weight excluding hydrogens is 635 g/mol. The minimum atomic E-state index is -0.457. The standard InChI is InChI=1S/C33H37FN10O3S/c1-40(2)31(45)25-11-19-14-42(7-4-8-44(19)39-25)30-22-15-47-26(20-5-6-23(34)28-27(20)21(13-35)29(36)48-28)12-24(22)37-32(38-30)43-10-9-41(3)33(16-43)17-46-18-33/h5-6,11,26H,4,7-10,12,14-18,36H2,1-3H3/t26-/m0/s1. The number of amides is 1. The Bertz CT molecular complexity index is 1980. The van der Waals surface area contributed by atoms with E-state index in [1.54, 1.807) is 20.2 Å². The number of nitriles is 1. The van der Waals surface area contributed by atoms with Crippen LogP contribution >= 0.6 is 11.3 Å². The second kappa shape index (κ2) is 11.7. The van der Waals surface area contributed by atoms with Crippen molar-refractivity contribution in [1.29, 1.82) is 5.26 Å². The molecule has 4 aliphatic rings. The molecule has 1 spiro atoms. The number of aryl methyl sites for hydroxylation is 1. The lowest BCUT2D eigenvalue weighted by Gasteiger charge is -2.53. The molecule has 4 aromatic rings. The molecule has 15 heteroatoms. The average Bonchev–Trinajstić information content (AvgIpc) is 3.56. The van der Waals surface area contributed by atoms with E-state index in [1.165, 1.54) is 11.0 Å². The number of hydrogen-bond acceptors (Lipinski definition) is 12. The summed E-state index contributed by atoms with van der Waals surface area (Å²) in [6.07, 6.45) is 0.788. The SMILES string of the molecule is CN(C)C(=O)c1cc2n(n1)CCCN(c1nc(N3CCN(C)C4(COC4)C3)nc3c1CO[C@H](c1ccc(F)c4sc(N)c(C#N)c14)C3)C2. The number of nitrogen functional groups attached to an aromatic ring is 1. The Kier molecular flexibility index (Phi) is 7.51. The Labute approximate surface area is 281 Å². The second-order valence-corrected chi connectivity index (χ2v) is 14.4. The van der Waals surface area contributed by atoms with Gasteiger partial charge in [-0.15, -0.1) is 11.3 Å². The molecule has 2 saturated heterocycles. The second-order valence-electron chi connectivity index (χ2n) is 13.3. The van der Waals surface area contributed by atoms with Gasteiger partial charge in [0, 0.05) is 64.2 Å². The first-order valence-electron chi connectivity index (χ1n) is 16.1. The van der Waals surface area contributed by atoms with E-state index in [4.69, 9.17) is 25.2 Å². The predicted octanol–water partition coefficient (Wildman–Crippen LogP) is 2.93. The normalized spacial score (nSPS) is 20.6. The fourth-order valence-electron chi connectivity index (χ4n) is 7.30. The number of carbonyl (C=O) groups is 1. The molecule has 13 nitrogen and oxygen atoms in total. The number of rotatable bonds is 4. The first-order valence-corrected chi connectivity index (χ1v) is 17.0. The van der Waals surface area contributed by atoms with Gasteiger partial charge in [-0.3, -0.25) is 14.4 Å². The maximum absolute atomic E-state index is 14.9. The molecule has 2 N–H and O–H groups in total. The zero-order chi connectivity index (χ0) is 33.3. The molecule has 1 atom stereocenters. The van der Waals surface area contributed by atoms with Crippen LogP contribution in [0.25, 0.3) is 10.1 Å². The Balaban J connectivity index is 1.20. The number of nitrogens with two attached hydrogens (primary N) is 1. The molecule has 7 heterocycles. The number of aromatic nitrogens is 4. The molecule has 2 fully saturated rings.